The van der Waals surface area contributed by atoms with Crippen molar-refractivity contribution in [2.24, 2.45) is 0 Å². The molecule has 0 bridgehead atoms. The summed E-state index contributed by atoms with van der Waals surface area (Å²) in [7, 11) is 0. The number of hydrogen-bond donors (Lipinski definition) is 1. The molecule has 2 aliphatic heterocycles. The summed E-state index contributed by atoms with van der Waals surface area (Å²) < 4.78 is 10.8. The van der Waals surface area contributed by atoms with Gasteiger partial charge in [-0.25, -0.2) is 0 Å². The minimum absolute atomic E-state index is 0.0275. The maximum atomic E-state index is 13.1. The number of rotatable bonds is 5. The third-order valence-corrected chi connectivity index (χ3v) is 5.60. The summed E-state index contributed by atoms with van der Waals surface area (Å²) in [5.41, 5.74) is 2.23. The molecule has 4 rings (SSSR count). The van der Waals surface area contributed by atoms with Crippen LogP contribution in [0.4, 0.5) is 5.69 Å². The molecule has 2 heterocycles. The molecule has 0 atom stereocenters. The first-order valence-electron chi connectivity index (χ1n) is 10.5. The number of morpholine rings is 1. The molecule has 2 aliphatic rings. The van der Waals surface area contributed by atoms with Crippen molar-refractivity contribution in [1.29, 1.82) is 0 Å². The van der Waals surface area contributed by atoms with E-state index in [0.29, 0.717) is 43.3 Å². The van der Waals surface area contributed by atoms with E-state index >= 15 is 0 Å². The first-order valence-corrected chi connectivity index (χ1v) is 10.9. The molecule has 2 fully saturated rings. The maximum absolute atomic E-state index is 13.1. The summed E-state index contributed by atoms with van der Waals surface area (Å²) in [5.74, 6) is -0.629. The van der Waals surface area contributed by atoms with Crippen molar-refractivity contribution in [3.05, 3.63) is 65.2 Å². The highest BCUT2D eigenvalue weighted by Gasteiger charge is 2.34. The Hall–Kier alpha value is -3.56. The zero-order chi connectivity index (χ0) is 23.4. The van der Waals surface area contributed by atoms with E-state index in [2.05, 4.69) is 5.32 Å². The fourth-order valence-electron chi connectivity index (χ4n) is 3.46. The molecular weight excluding hydrogens is 442 g/mol. The molecule has 9 heteroatoms. The molecule has 2 aromatic carbocycles. The van der Waals surface area contributed by atoms with Crippen LogP contribution in [-0.2, 0) is 19.1 Å². The molecule has 0 saturated carbocycles. The van der Waals surface area contributed by atoms with Crippen LogP contribution >= 0.6 is 12.2 Å². The van der Waals surface area contributed by atoms with Gasteiger partial charge in [0.25, 0.3) is 17.7 Å². The Kier molecular flexibility index (Phi) is 6.81. The van der Waals surface area contributed by atoms with E-state index in [1.54, 1.807) is 41.3 Å². The summed E-state index contributed by atoms with van der Waals surface area (Å²) in [4.78, 5) is 40.7. The van der Waals surface area contributed by atoms with Crippen LogP contribution in [0.2, 0.25) is 0 Å². The SMILES string of the molecule is Cc1ccc(N2C(=O)/C(=C/c3ccc(OCC(=O)N4CCOCC4)cc3)C(=O)NC2=S)cc1. The van der Waals surface area contributed by atoms with Gasteiger partial charge in [0.15, 0.2) is 11.7 Å². The number of anilines is 1. The zero-order valence-corrected chi connectivity index (χ0v) is 18.9. The highest BCUT2D eigenvalue weighted by atomic mass is 32.1. The second-order valence-corrected chi connectivity index (χ2v) is 8.03. The minimum atomic E-state index is -0.551. The third kappa shape index (κ3) is 5.27. The van der Waals surface area contributed by atoms with Crippen LogP contribution in [0, 0.1) is 6.92 Å². The predicted molar refractivity (Wildman–Crippen MR) is 127 cm³/mol. The number of aryl methyl sites for hydroxylation is 1. The topological polar surface area (TPSA) is 88.2 Å². The molecule has 0 aliphatic carbocycles. The number of nitrogens with zero attached hydrogens (tertiary/aromatic N) is 2. The number of thiocarbonyl (C=S) groups is 1. The summed E-state index contributed by atoms with van der Waals surface area (Å²) >= 11 is 5.22. The number of benzene rings is 2. The Morgan fingerprint density at radius 1 is 1.09 bits per heavy atom. The van der Waals surface area contributed by atoms with Crippen LogP contribution in [0.5, 0.6) is 5.75 Å². The smallest absolute Gasteiger partial charge is 0.270 e. The standard InChI is InChI=1S/C24H23N3O5S/c1-16-2-6-18(7-3-16)27-23(30)20(22(29)25-24(27)33)14-17-4-8-19(9-5-17)32-15-21(28)26-10-12-31-13-11-26/h2-9,14H,10-13,15H2,1H3,(H,25,29,33)/b20-14+. The molecule has 0 aromatic heterocycles. The van der Waals surface area contributed by atoms with E-state index in [4.69, 9.17) is 21.7 Å². The second-order valence-electron chi connectivity index (χ2n) is 7.64. The van der Waals surface area contributed by atoms with Crippen molar-refractivity contribution >= 4 is 46.8 Å². The van der Waals surface area contributed by atoms with Crippen LogP contribution in [0.1, 0.15) is 11.1 Å². The molecular formula is C24H23N3O5S. The van der Waals surface area contributed by atoms with Crippen molar-refractivity contribution in [3.63, 3.8) is 0 Å². The number of ether oxygens (including phenoxy) is 2. The van der Waals surface area contributed by atoms with E-state index in [1.807, 2.05) is 19.1 Å². The van der Waals surface area contributed by atoms with Gasteiger partial charge in [0, 0.05) is 13.1 Å². The quantitative estimate of drug-likeness (QED) is 0.413. The lowest BCUT2D eigenvalue weighted by Gasteiger charge is -2.29. The van der Waals surface area contributed by atoms with Crippen molar-refractivity contribution in [2.75, 3.05) is 37.8 Å². The van der Waals surface area contributed by atoms with Gasteiger partial charge in [-0.1, -0.05) is 29.8 Å². The number of amides is 3. The lowest BCUT2D eigenvalue weighted by Crippen LogP contribution is -2.54. The van der Waals surface area contributed by atoms with Crippen LogP contribution in [0.25, 0.3) is 6.08 Å². The van der Waals surface area contributed by atoms with Gasteiger partial charge in [-0.3, -0.25) is 24.6 Å². The number of carbonyl (C=O) groups excluding carboxylic acids is 3. The van der Waals surface area contributed by atoms with Gasteiger partial charge in [0.2, 0.25) is 0 Å². The maximum Gasteiger partial charge on any atom is 0.270 e. The number of hydrogen-bond acceptors (Lipinski definition) is 6. The largest absolute Gasteiger partial charge is 0.484 e. The van der Waals surface area contributed by atoms with Crippen LogP contribution in [0.3, 0.4) is 0 Å². The Labute approximate surface area is 196 Å². The summed E-state index contributed by atoms with van der Waals surface area (Å²) in [5, 5.41) is 2.61. The Morgan fingerprint density at radius 3 is 2.42 bits per heavy atom. The van der Waals surface area contributed by atoms with Gasteiger partial charge >= 0.3 is 0 Å². The van der Waals surface area contributed by atoms with E-state index in [-0.39, 0.29) is 23.2 Å². The van der Waals surface area contributed by atoms with Gasteiger partial charge in [0.1, 0.15) is 11.3 Å². The lowest BCUT2D eigenvalue weighted by atomic mass is 10.1. The van der Waals surface area contributed by atoms with Crippen molar-refractivity contribution < 1.29 is 23.9 Å². The molecule has 2 saturated heterocycles. The van der Waals surface area contributed by atoms with E-state index < -0.39 is 11.8 Å². The van der Waals surface area contributed by atoms with Gasteiger partial charge < -0.3 is 14.4 Å². The highest BCUT2D eigenvalue weighted by molar-refractivity contribution is 7.80. The van der Waals surface area contributed by atoms with Crippen LogP contribution in [-0.4, -0.2) is 60.6 Å². The first-order chi connectivity index (χ1) is 15.9. The molecule has 0 radical (unpaired) electrons. The molecule has 3 amide bonds. The summed E-state index contributed by atoms with van der Waals surface area (Å²) in [6.45, 7) is 4.08. The van der Waals surface area contributed by atoms with Gasteiger partial charge in [-0.05, 0) is 55.0 Å². The van der Waals surface area contributed by atoms with Gasteiger partial charge in [0.05, 0.1) is 18.9 Å². The Bertz CT molecular complexity index is 1110. The van der Waals surface area contributed by atoms with Crippen molar-refractivity contribution in [2.45, 2.75) is 6.92 Å². The average molecular weight is 466 g/mol. The fraction of sp³-hybridized carbons (Fsp3) is 0.250. The van der Waals surface area contributed by atoms with E-state index in [9.17, 15) is 14.4 Å². The molecule has 170 valence electrons. The third-order valence-electron chi connectivity index (χ3n) is 5.31. The Balaban J connectivity index is 1.45. The molecule has 0 unspecified atom stereocenters. The molecule has 8 nitrogen and oxygen atoms in total. The zero-order valence-electron chi connectivity index (χ0n) is 18.1. The Morgan fingerprint density at radius 2 is 1.76 bits per heavy atom. The fourth-order valence-corrected chi connectivity index (χ4v) is 3.74. The molecule has 2 aromatic rings. The van der Waals surface area contributed by atoms with Crippen molar-refractivity contribution in [1.82, 2.24) is 10.2 Å². The van der Waals surface area contributed by atoms with Crippen LogP contribution in [0.15, 0.2) is 54.1 Å². The van der Waals surface area contributed by atoms with E-state index in [0.717, 1.165) is 5.56 Å². The van der Waals surface area contributed by atoms with Crippen LogP contribution < -0.4 is 15.0 Å². The highest BCUT2D eigenvalue weighted by Crippen LogP contribution is 2.23. The number of carbonyl (C=O) groups is 3. The van der Waals surface area contributed by atoms with Crippen molar-refractivity contribution in [3.8, 4) is 5.75 Å². The molecule has 0 spiro atoms. The first kappa shape index (κ1) is 22.6. The van der Waals surface area contributed by atoms with Gasteiger partial charge in [-0.2, -0.15) is 0 Å². The average Bonchev–Trinajstić information content (AvgIpc) is 2.82. The molecule has 1 N–H and O–H groups in total. The summed E-state index contributed by atoms with van der Waals surface area (Å²) in [6.07, 6.45) is 1.50. The molecule has 33 heavy (non-hydrogen) atoms. The monoisotopic (exact) mass is 465 g/mol. The van der Waals surface area contributed by atoms with Gasteiger partial charge in [-0.15, -0.1) is 0 Å². The van der Waals surface area contributed by atoms with E-state index in [1.165, 1.54) is 11.0 Å². The minimum Gasteiger partial charge on any atom is -0.484 e. The second kappa shape index (κ2) is 9.93. The summed E-state index contributed by atoms with van der Waals surface area (Å²) in [6, 6.07) is 14.1. The normalized spacial score (nSPS) is 17.8. The lowest BCUT2D eigenvalue weighted by molar-refractivity contribution is -0.137. The predicted octanol–water partition coefficient (Wildman–Crippen LogP) is 2.06. The number of nitrogens with one attached hydrogen (secondary N) is 1.